The van der Waals surface area contributed by atoms with Crippen LogP contribution in [0.4, 0.5) is 0 Å². The third-order valence-electron chi connectivity index (χ3n) is 3.79. The zero-order chi connectivity index (χ0) is 19.9. The van der Waals surface area contributed by atoms with Gasteiger partial charge in [0.25, 0.3) is 5.91 Å². The number of halogens is 3. The highest BCUT2D eigenvalue weighted by Crippen LogP contribution is 2.23. The van der Waals surface area contributed by atoms with Crippen molar-refractivity contribution >= 4 is 51.3 Å². The maximum absolute atomic E-state index is 12.1. The van der Waals surface area contributed by atoms with Crippen LogP contribution < -0.4 is 10.2 Å². The Hall–Kier alpha value is -2.34. The van der Waals surface area contributed by atoms with Crippen molar-refractivity contribution in [3.8, 4) is 5.75 Å². The Morgan fingerprint density at radius 1 is 1.07 bits per heavy atom. The first-order valence-corrected chi connectivity index (χ1v) is 9.82. The Bertz CT molecular complexity index is 1010. The molecule has 0 fully saturated rings. The molecule has 0 aliphatic carbocycles. The minimum absolute atomic E-state index is 0.288. The maximum Gasteiger partial charge on any atom is 0.272 e. The number of benzene rings is 3. The van der Waals surface area contributed by atoms with Crippen molar-refractivity contribution in [3.63, 3.8) is 0 Å². The minimum atomic E-state index is -0.288. The Morgan fingerprint density at radius 2 is 1.82 bits per heavy atom. The van der Waals surface area contributed by atoms with Gasteiger partial charge in [-0.25, -0.2) is 5.43 Å². The molecule has 4 nitrogen and oxygen atoms in total. The summed E-state index contributed by atoms with van der Waals surface area (Å²) in [4.78, 5) is 12.1. The van der Waals surface area contributed by atoms with Crippen LogP contribution in [0.5, 0.6) is 5.75 Å². The summed E-state index contributed by atoms with van der Waals surface area (Å²) in [7, 11) is 0. The van der Waals surface area contributed by atoms with Crippen molar-refractivity contribution < 1.29 is 9.53 Å². The molecule has 3 aromatic carbocycles. The molecule has 142 valence electrons. The molecule has 0 radical (unpaired) electrons. The first kappa shape index (κ1) is 20.4. The van der Waals surface area contributed by atoms with Gasteiger partial charge in [0.2, 0.25) is 0 Å². The van der Waals surface area contributed by atoms with Crippen LogP contribution in [0.2, 0.25) is 10.0 Å². The quantitative estimate of drug-likeness (QED) is 0.344. The molecule has 0 bridgehead atoms. The maximum atomic E-state index is 12.1. The molecular formula is C21H15BrCl2N2O2. The van der Waals surface area contributed by atoms with Crippen LogP contribution in [0.1, 0.15) is 21.5 Å². The van der Waals surface area contributed by atoms with Crippen LogP contribution in [-0.4, -0.2) is 12.1 Å². The van der Waals surface area contributed by atoms with E-state index >= 15 is 0 Å². The number of carbonyl (C=O) groups excluding carboxylic acids is 1. The van der Waals surface area contributed by atoms with Gasteiger partial charge < -0.3 is 4.74 Å². The molecule has 0 saturated heterocycles. The summed E-state index contributed by atoms with van der Waals surface area (Å²) < 4.78 is 6.45. The lowest BCUT2D eigenvalue weighted by atomic mass is 10.2. The molecule has 28 heavy (non-hydrogen) atoms. The van der Waals surface area contributed by atoms with Crippen LogP contribution in [0.25, 0.3) is 0 Å². The van der Waals surface area contributed by atoms with Gasteiger partial charge >= 0.3 is 0 Å². The number of hydrogen-bond donors (Lipinski definition) is 1. The summed E-state index contributed by atoms with van der Waals surface area (Å²) in [6.07, 6.45) is 1.56. The Labute approximate surface area is 181 Å². The zero-order valence-corrected chi connectivity index (χ0v) is 17.6. The van der Waals surface area contributed by atoms with E-state index in [1.54, 1.807) is 36.5 Å². The van der Waals surface area contributed by atoms with E-state index in [2.05, 4.69) is 26.5 Å². The van der Waals surface area contributed by atoms with E-state index in [0.29, 0.717) is 32.4 Å². The number of rotatable bonds is 6. The SMILES string of the molecule is O=C(N/N=C\c1ccc(OCc2ccc(Cl)cc2Cl)cc1)c1ccccc1Br. The lowest BCUT2D eigenvalue weighted by Gasteiger charge is -2.08. The van der Waals surface area contributed by atoms with Crippen LogP contribution in [0, 0.1) is 0 Å². The van der Waals surface area contributed by atoms with Gasteiger partial charge in [-0.05, 0) is 70.0 Å². The highest BCUT2D eigenvalue weighted by molar-refractivity contribution is 9.10. The van der Waals surface area contributed by atoms with Crippen molar-refractivity contribution in [2.24, 2.45) is 5.10 Å². The number of hydrogen-bond acceptors (Lipinski definition) is 3. The first-order valence-electron chi connectivity index (χ1n) is 8.27. The molecule has 0 aromatic heterocycles. The van der Waals surface area contributed by atoms with Crippen molar-refractivity contribution in [1.82, 2.24) is 5.43 Å². The fraction of sp³-hybridized carbons (Fsp3) is 0.0476. The van der Waals surface area contributed by atoms with Crippen molar-refractivity contribution in [3.05, 3.63) is 97.9 Å². The van der Waals surface area contributed by atoms with Crippen LogP contribution in [0.15, 0.2) is 76.3 Å². The van der Waals surface area contributed by atoms with Crippen molar-refractivity contribution in [2.75, 3.05) is 0 Å². The summed E-state index contributed by atoms with van der Waals surface area (Å²) >= 11 is 15.4. The van der Waals surface area contributed by atoms with Gasteiger partial charge in [-0.15, -0.1) is 0 Å². The summed E-state index contributed by atoms with van der Waals surface area (Å²) in [5.41, 5.74) is 4.70. The molecule has 0 aliphatic heterocycles. The van der Waals surface area contributed by atoms with E-state index in [0.717, 1.165) is 11.1 Å². The van der Waals surface area contributed by atoms with Gasteiger partial charge in [0.1, 0.15) is 12.4 Å². The molecule has 0 spiro atoms. The highest BCUT2D eigenvalue weighted by atomic mass is 79.9. The summed E-state index contributed by atoms with van der Waals surface area (Å²) in [6.45, 7) is 0.339. The fourth-order valence-corrected chi connectivity index (χ4v) is 3.25. The molecule has 0 unspecified atom stereocenters. The molecule has 0 saturated carbocycles. The Morgan fingerprint density at radius 3 is 2.54 bits per heavy atom. The van der Waals surface area contributed by atoms with Crippen LogP contribution in [-0.2, 0) is 6.61 Å². The Balaban J connectivity index is 1.54. The predicted molar refractivity (Wildman–Crippen MR) is 116 cm³/mol. The minimum Gasteiger partial charge on any atom is -0.489 e. The molecule has 1 N–H and O–H groups in total. The van der Waals surface area contributed by atoms with Gasteiger partial charge in [-0.1, -0.05) is 41.4 Å². The zero-order valence-electron chi connectivity index (χ0n) is 14.5. The molecule has 3 aromatic rings. The first-order chi connectivity index (χ1) is 13.5. The number of nitrogens with one attached hydrogen (secondary N) is 1. The van der Waals surface area contributed by atoms with Crippen LogP contribution >= 0.6 is 39.1 Å². The topological polar surface area (TPSA) is 50.7 Å². The third-order valence-corrected chi connectivity index (χ3v) is 5.07. The predicted octanol–water partition coefficient (Wildman–Crippen LogP) is 6.10. The summed E-state index contributed by atoms with van der Waals surface area (Å²) in [5, 5.41) is 5.14. The molecule has 0 aliphatic rings. The van der Waals surface area contributed by atoms with E-state index < -0.39 is 0 Å². The molecule has 3 rings (SSSR count). The lowest BCUT2D eigenvalue weighted by Crippen LogP contribution is -2.18. The van der Waals surface area contributed by atoms with Gasteiger partial charge in [0.05, 0.1) is 11.8 Å². The van der Waals surface area contributed by atoms with Gasteiger partial charge in [0, 0.05) is 20.1 Å². The number of nitrogens with zero attached hydrogens (tertiary/aromatic N) is 1. The normalized spacial score (nSPS) is 10.8. The fourth-order valence-electron chi connectivity index (χ4n) is 2.32. The van der Waals surface area contributed by atoms with Crippen molar-refractivity contribution in [2.45, 2.75) is 6.61 Å². The second kappa shape index (κ2) is 9.73. The second-order valence-electron chi connectivity index (χ2n) is 5.77. The standard InChI is InChI=1S/C21H15BrCl2N2O2/c22-19-4-2-1-3-18(19)21(27)26-25-12-14-5-9-17(10-6-14)28-13-15-7-8-16(23)11-20(15)24/h1-12H,13H2,(H,26,27)/b25-12-. The van der Waals surface area contributed by atoms with Gasteiger partial charge in [0.15, 0.2) is 0 Å². The van der Waals surface area contributed by atoms with Gasteiger partial charge in [-0.3, -0.25) is 4.79 Å². The largest absolute Gasteiger partial charge is 0.489 e. The molecule has 0 heterocycles. The Kier molecular flexibility index (Phi) is 7.09. The summed E-state index contributed by atoms with van der Waals surface area (Å²) in [6, 6.07) is 19.8. The smallest absolute Gasteiger partial charge is 0.272 e. The lowest BCUT2D eigenvalue weighted by molar-refractivity contribution is 0.0954. The van der Waals surface area contributed by atoms with E-state index in [1.807, 2.05) is 36.4 Å². The molecule has 7 heteroatoms. The van der Waals surface area contributed by atoms with Crippen LogP contribution in [0.3, 0.4) is 0 Å². The van der Waals surface area contributed by atoms with E-state index in [4.69, 9.17) is 27.9 Å². The van der Waals surface area contributed by atoms with E-state index in [1.165, 1.54) is 0 Å². The third kappa shape index (κ3) is 5.58. The van der Waals surface area contributed by atoms with E-state index in [9.17, 15) is 4.79 Å². The number of hydrazone groups is 1. The highest BCUT2D eigenvalue weighted by Gasteiger charge is 2.07. The number of carbonyl (C=O) groups is 1. The monoisotopic (exact) mass is 476 g/mol. The number of ether oxygens (including phenoxy) is 1. The second-order valence-corrected chi connectivity index (χ2v) is 7.47. The molecular weight excluding hydrogens is 463 g/mol. The van der Waals surface area contributed by atoms with E-state index in [-0.39, 0.29) is 5.91 Å². The van der Waals surface area contributed by atoms with Gasteiger partial charge in [-0.2, -0.15) is 5.10 Å². The van der Waals surface area contributed by atoms with Crippen molar-refractivity contribution in [1.29, 1.82) is 0 Å². The number of amides is 1. The molecule has 0 atom stereocenters. The average molecular weight is 478 g/mol. The average Bonchev–Trinajstić information content (AvgIpc) is 2.68. The molecule has 1 amide bonds. The summed E-state index contributed by atoms with van der Waals surface area (Å²) in [5.74, 6) is 0.406.